The highest BCUT2D eigenvalue weighted by molar-refractivity contribution is 7.13. The number of thiazole rings is 2. The third-order valence-electron chi connectivity index (χ3n) is 7.57. The first-order valence-corrected chi connectivity index (χ1v) is 14.7. The number of aryl methyl sites for hydroxylation is 1. The van der Waals surface area contributed by atoms with Crippen LogP contribution in [0.1, 0.15) is 65.4 Å². The Hall–Kier alpha value is -1.78. The highest BCUT2D eigenvalue weighted by Gasteiger charge is 2.47. The fraction of sp³-hybridized carbons (Fsp3) is 0.692. The van der Waals surface area contributed by atoms with Crippen molar-refractivity contribution in [2.45, 2.75) is 83.2 Å². The number of carbonyl (C=O) groups is 1. The lowest BCUT2D eigenvalue weighted by molar-refractivity contribution is -0.134. The Morgan fingerprint density at radius 2 is 2.00 bits per heavy atom. The van der Waals surface area contributed by atoms with Crippen LogP contribution in [0.4, 0.5) is 8.78 Å². The Morgan fingerprint density at radius 3 is 2.72 bits per heavy atom. The van der Waals surface area contributed by atoms with E-state index in [2.05, 4.69) is 19.9 Å². The van der Waals surface area contributed by atoms with Crippen LogP contribution in [0, 0.1) is 18.8 Å². The molecule has 3 aliphatic rings. The van der Waals surface area contributed by atoms with Crippen LogP contribution in [0.15, 0.2) is 11.2 Å². The molecule has 0 atom stereocenters. The molecule has 0 aromatic carbocycles. The molecule has 5 rings (SSSR count). The van der Waals surface area contributed by atoms with E-state index in [0.29, 0.717) is 17.5 Å². The summed E-state index contributed by atoms with van der Waals surface area (Å²) >= 11 is 3.10. The number of hydrogen-bond acceptors (Lipinski definition) is 7. The van der Waals surface area contributed by atoms with Gasteiger partial charge < -0.3 is 9.64 Å². The van der Waals surface area contributed by atoms with E-state index in [1.54, 1.807) is 17.5 Å². The second-order valence-electron chi connectivity index (χ2n) is 10.5. The summed E-state index contributed by atoms with van der Waals surface area (Å²) in [6, 6.07) is 0. The summed E-state index contributed by atoms with van der Waals surface area (Å²) < 4.78 is 31.8. The minimum absolute atomic E-state index is 0.0757. The lowest BCUT2D eigenvalue weighted by Gasteiger charge is -2.33. The molecule has 1 aliphatic heterocycles. The standard InChI is InChI=1S/C26H34F2N4O2S2/c1-17-29-16-21(35-17)12-24(33)30-15-19-4-2-18(3-5-19)6-9-32-10-7-22-23(8-11-32)36-25(31-22)34-20-13-26(27,28)14-20/h15-16,18-20H,2-14H2,1H3. The summed E-state index contributed by atoms with van der Waals surface area (Å²) in [6.45, 7) is 5.05. The monoisotopic (exact) mass is 536 g/mol. The van der Waals surface area contributed by atoms with Crippen LogP contribution < -0.4 is 4.74 Å². The van der Waals surface area contributed by atoms with Crippen molar-refractivity contribution in [3.05, 3.63) is 26.7 Å². The van der Waals surface area contributed by atoms with E-state index in [1.807, 2.05) is 13.1 Å². The number of fused-ring (bicyclic) bond motifs is 1. The predicted molar refractivity (Wildman–Crippen MR) is 139 cm³/mol. The summed E-state index contributed by atoms with van der Waals surface area (Å²) in [5.41, 5.74) is 1.09. The van der Waals surface area contributed by atoms with Gasteiger partial charge in [0.15, 0.2) is 0 Å². The van der Waals surface area contributed by atoms with E-state index >= 15 is 0 Å². The van der Waals surface area contributed by atoms with Gasteiger partial charge in [-0.15, -0.1) is 11.3 Å². The van der Waals surface area contributed by atoms with Gasteiger partial charge in [0.25, 0.3) is 17.0 Å². The fourth-order valence-corrected chi connectivity index (χ4v) is 7.15. The zero-order valence-corrected chi connectivity index (χ0v) is 22.4. The molecule has 10 heteroatoms. The minimum Gasteiger partial charge on any atom is -0.466 e. The van der Waals surface area contributed by atoms with Gasteiger partial charge in [-0.2, -0.15) is 0 Å². The van der Waals surface area contributed by atoms with Crippen LogP contribution in [0.3, 0.4) is 0 Å². The van der Waals surface area contributed by atoms with Gasteiger partial charge in [-0.1, -0.05) is 11.3 Å². The maximum Gasteiger partial charge on any atom is 0.273 e. The third kappa shape index (κ3) is 6.95. The van der Waals surface area contributed by atoms with E-state index in [9.17, 15) is 13.6 Å². The zero-order chi connectivity index (χ0) is 25.1. The first kappa shape index (κ1) is 25.9. The van der Waals surface area contributed by atoms with Gasteiger partial charge in [-0.05, 0) is 63.8 Å². The van der Waals surface area contributed by atoms with Crippen molar-refractivity contribution in [1.82, 2.24) is 14.9 Å². The fourth-order valence-electron chi connectivity index (χ4n) is 5.35. The van der Waals surface area contributed by atoms with E-state index in [0.717, 1.165) is 66.8 Å². The third-order valence-corrected chi connectivity index (χ3v) is 9.53. The average Bonchev–Trinajstić information content (AvgIpc) is 3.36. The first-order valence-electron chi connectivity index (χ1n) is 13.0. The number of nitrogens with zero attached hydrogens (tertiary/aromatic N) is 4. The van der Waals surface area contributed by atoms with Crippen LogP contribution in [-0.2, 0) is 24.1 Å². The highest BCUT2D eigenvalue weighted by Crippen LogP contribution is 2.41. The van der Waals surface area contributed by atoms with Crippen molar-refractivity contribution in [1.29, 1.82) is 0 Å². The molecular formula is C26H34F2N4O2S2. The SMILES string of the molecule is Cc1ncc(CC(=O)N=CC2CCC(CCN3CCc4nc(OC5CC(F)(F)C5)sc4CC3)CC2)s1. The number of ether oxygens (including phenoxy) is 1. The summed E-state index contributed by atoms with van der Waals surface area (Å²) in [5.74, 6) is -1.49. The number of alkyl halides is 2. The molecule has 2 aromatic heterocycles. The molecule has 1 amide bonds. The molecule has 0 N–H and O–H groups in total. The van der Waals surface area contributed by atoms with Gasteiger partial charge in [0.1, 0.15) is 6.10 Å². The first-order chi connectivity index (χ1) is 17.3. The molecule has 3 heterocycles. The molecule has 2 aliphatic carbocycles. The number of carbonyl (C=O) groups excluding carboxylic acids is 1. The smallest absolute Gasteiger partial charge is 0.273 e. The molecule has 0 saturated heterocycles. The van der Waals surface area contributed by atoms with Crippen molar-refractivity contribution in [3.63, 3.8) is 0 Å². The average molecular weight is 537 g/mol. The molecule has 2 aromatic rings. The van der Waals surface area contributed by atoms with Crippen molar-refractivity contribution in [3.8, 4) is 5.19 Å². The molecule has 2 fully saturated rings. The lowest BCUT2D eigenvalue weighted by Crippen LogP contribution is -2.43. The van der Waals surface area contributed by atoms with Crippen LogP contribution in [0.2, 0.25) is 0 Å². The maximum absolute atomic E-state index is 13.1. The van der Waals surface area contributed by atoms with Crippen molar-refractivity contribution in [2.24, 2.45) is 16.8 Å². The van der Waals surface area contributed by atoms with Crippen LogP contribution in [-0.4, -0.2) is 58.7 Å². The molecule has 0 spiro atoms. The Labute approximate surface area is 219 Å². The summed E-state index contributed by atoms with van der Waals surface area (Å²) in [5, 5.41) is 1.54. The van der Waals surface area contributed by atoms with Crippen LogP contribution >= 0.6 is 22.7 Å². The van der Waals surface area contributed by atoms with Gasteiger partial charge in [-0.25, -0.2) is 23.7 Å². The van der Waals surface area contributed by atoms with E-state index in [1.165, 1.54) is 35.5 Å². The molecule has 196 valence electrons. The summed E-state index contributed by atoms with van der Waals surface area (Å²) in [6.07, 6.45) is 10.9. The van der Waals surface area contributed by atoms with Crippen LogP contribution in [0.5, 0.6) is 5.19 Å². The number of aliphatic imine (C=N–C) groups is 1. The van der Waals surface area contributed by atoms with Crippen molar-refractivity contribution >= 4 is 34.8 Å². The Bertz CT molecular complexity index is 1040. The highest BCUT2D eigenvalue weighted by atomic mass is 32.1. The number of rotatable bonds is 8. The summed E-state index contributed by atoms with van der Waals surface area (Å²) in [4.78, 5) is 29.9. The van der Waals surface area contributed by atoms with E-state index in [4.69, 9.17) is 4.74 Å². The van der Waals surface area contributed by atoms with Gasteiger partial charge in [0.2, 0.25) is 0 Å². The number of amides is 1. The lowest BCUT2D eigenvalue weighted by atomic mass is 9.81. The summed E-state index contributed by atoms with van der Waals surface area (Å²) in [7, 11) is 0. The van der Waals surface area contributed by atoms with E-state index < -0.39 is 5.92 Å². The van der Waals surface area contributed by atoms with Crippen molar-refractivity contribution < 1.29 is 18.3 Å². The Morgan fingerprint density at radius 1 is 1.22 bits per heavy atom. The quantitative estimate of drug-likeness (QED) is 0.416. The molecule has 6 nitrogen and oxygen atoms in total. The van der Waals surface area contributed by atoms with Crippen molar-refractivity contribution in [2.75, 3.05) is 19.6 Å². The molecule has 0 unspecified atom stereocenters. The van der Waals surface area contributed by atoms with Gasteiger partial charge in [-0.3, -0.25) is 4.79 Å². The molecular weight excluding hydrogens is 502 g/mol. The predicted octanol–water partition coefficient (Wildman–Crippen LogP) is 5.52. The zero-order valence-electron chi connectivity index (χ0n) is 20.8. The minimum atomic E-state index is -2.56. The number of halogens is 2. The largest absolute Gasteiger partial charge is 0.466 e. The second kappa shape index (κ2) is 11.3. The molecule has 2 saturated carbocycles. The normalized spacial score (nSPS) is 24.9. The Balaban J connectivity index is 0.987. The molecule has 36 heavy (non-hydrogen) atoms. The van der Waals surface area contributed by atoms with Gasteiger partial charge in [0.05, 0.1) is 17.1 Å². The topological polar surface area (TPSA) is 67.7 Å². The van der Waals surface area contributed by atoms with E-state index in [-0.39, 0.29) is 24.9 Å². The second-order valence-corrected chi connectivity index (χ2v) is 12.8. The maximum atomic E-state index is 13.1. The van der Waals surface area contributed by atoms with Gasteiger partial charge >= 0.3 is 0 Å². The molecule has 0 bridgehead atoms. The number of hydrogen-bond donors (Lipinski definition) is 0. The Kier molecular flexibility index (Phi) is 8.12. The molecule has 0 radical (unpaired) electrons. The van der Waals surface area contributed by atoms with Gasteiger partial charge in [0, 0.05) is 54.5 Å². The van der Waals surface area contributed by atoms with Crippen LogP contribution in [0.25, 0.3) is 0 Å². The number of aromatic nitrogens is 2.